The summed E-state index contributed by atoms with van der Waals surface area (Å²) in [6.07, 6.45) is 5.50. The summed E-state index contributed by atoms with van der Waals surface area (Å²) in [7, 11) is 0. The van der Waals surface area contributed by atoms with Gasteiger partial charge in [0.2, 0.25) is 0 Å². The van der Waals surface area contributed by atoms with E-state index in [1.165, 1.54) is 6.42 Å². The molecule has 0 bridgehead atoms. The molecule has 1 aliphatic carbocycles. The highest BCUT2D eigenvalue weighted by molar-refractivity contribution is 6.18. The molecule has 0 atom stereocenters. The van der Waals surface area contributed by atoms with Gasteiger partial charge in [0, 0.05) is 11.8 Å². The molecule has 0 aromatic rings. The van der Waals surface area contributed by atoms with E-state index in [1.54, 1.807) is 0 Å². The van der Waals surface area contributed by atoms with Gasteiger partial charge in [-0.25, -0.2) is 0 Å². The molecular formula is C7H11ClO. The fourth-order valence-corrected chi connectivity index (χ4v) is 0.552. The minimum atomic E-state index is 0.659. The third-order valence-electron chi connectivity index (χ3n) is 1.16. The molecule has 9 heavy (non-hydrogen) atoms. The molecule has 52 valence electrons. The van der Waals surface area contributed by atoms with Gasteiger partial charge in [-0.05, 0) is 6.42 Å². The first-order chi connectivity index (χ1) is 4.43. The van der Waals surface area contributed by atoms with E-state index in [0.29, 0.717) is 5.92 Å². The summed E-state index contributed by atoms with van der Waals surface area (Å²) in [5.74, 6) is 1.42. The maximum absolute atomic E-state index is 5.42. The Kier molecular flexibility index (Phi) is 3.09. The van der Waals surface area contributed by atoms with E-state index in [-0.39, 0.29) is 0 Å². The van der Waals surface area contributed by atoms with Crippen LogP contribution in [-0.4, -0.2) is 19.1 Å². The maximum atomic E-state index is 5.42. The van der Waals surface area contributed by atoms with Crippen molar-refractivity contribution in [2.75, 3.05) is 19.1 Å². The highest BCUT2D eigenvalue weighted by Gasteiger charge is 2.15. The van der Waals surface area contributed by atoms with Crippen molar-refractivity contribution < 1.29 is 4.74 Å². The van der Waals surface area contributed by atoms with Crippen molar-refractivity contribution in [1.29, 1.82) is 0 Å². The van der Waals surface area contributed by atoms with Crippen LogP contribution in [0.3, 0.4) is 0 Å². The second-order valence-electron chi connectivity index (χ2n) is 2.26. The van der Waals surface area contributed by atoms with Crippen LogP contribution >= 0.6 is 11.6 Å². The molecule has 0 unspecified atom stereocenters. The molecule has 1 nitrogen and oxygen atoms in total. The summed E-state index contributed by atoms with van der Waals surface area (Å²) in [5.41, 5.74) is 0. The Balaban J connectivity index is 0.000000112. The summed E-state index contributed by atoms with van der Waals surface area (Å²) in [6.45, 7) is 1.76. The molecule has 2 aliphatic rings. The molecule has 2 rings (SSSR count). The van der Waals surface area contributed by atoms with Crippen molar-refractivity contribution in [2.24, 2.45) is 5.92 Å². The quantitative estimate of drug-likeness (QED) is 0.405. The molecule has 0 aromatic heterocycles. The van der Waals surface area contributed by atoms with E-state index in [2.05, 4.69) is 12.2 Å². The van der Waals surface area contributed by atoms with Crippen molar-refractivity contribution in [3.05, 3.63) is 12.2 Å². The minimum Gasteiger partial charge on any atom is -0.381 e. The second kappa shape index (κ2) is 3.91. The molecule has 1 aliphatic heterocycles. The molecule has 1 heterocycles. The molecule has 0 amide bonds. The fraction of sp³-hybridized carbons (Fsp3) is 0.714. The highest BCUT2D eigenvalue weighted by Crippen LogP contribution is 2.09. The zero-order valence-electron chi connectivity index (χ0n) is 5.35. The standard InChI is InChI=1S/C4H7ClO.C3H4/c5-1-4-2-6-3-4;1-2-3-1/h4H,1-3H2;1-2H,3H2. The normalized spacial score (nSPS) is 21.9. The van der Waals surface area contributed by atoms with Crippen LogP contribution in [0.1, 0.15) is 6.42 Å². The first kappa shape index (κ1) is 7.10. The van der Waals surface area contributed by atoms with Crippen molar-refractivity contribution in [1.82, 2.24) is 0 Å². The van der Waals surface area contributed by atoms with Crippen LogP contribution < -0.4 is 0 Å². The third kappa shape index (κ3) is 3.55. The van der Waals surface area contributed by atoms with Crippen molar-refractivity contribution >= 4 is 11.6 Å². The molecule has 0 aromatic carbocycles. The third-order valence-corrected chi connectivity index (χ3v) is 1.60. The van der Waals surface area contributed by atoms with Crippen LogP contribution in [0.2, 0.25) is 0 Å². The van der Waals surface area contributed by atoms with E-state index in [4.69, 9.17) is 16.3 Å². The lowest BCUT2D eigenvalue weighted by atomic mass is 10.1. The van der Waals surface area contributed by atoms with Crippen molar-refractivity contribution in [3.63, 3.8) is 0 Å². The van der Waals surface area contributed by atoms with E-state index in [0.717, 1.165) is 19.1 Å². The molecule has 1 fully saturated rings. The Morgan fingerprint density at radius 3 is 2.00 bits per heavy atom. The molecule has 0 saturated carbocycles. The van der Waals surface area contributed by atoms with Gasteiger partial charge in [-0.15, -0.1) is 11.6 Å². The zero-order valence-corrected chi connectivity index (χ0v) is 6.10. The monoisotopic (exact) mass is 146 g/mol. The lowest BCUT2D eigenvalue weighted by molar-refractivity contribution is -0.0203. The van der Waals surface area contributed by atoms with E-state index in [1.807, 2.05) is 0 Å². The van der Waals surface area contributed by atoms with E-state index in [9.17, 15) is 0 Å². The van der Waals surface area contributed by atoms with Gasteiger partial charge >= 0.3 is 0 Å². The van der Waals surface area contributed by atoms with Crippen LogP contribution in [-0.2, 0) is 4.74 Å². The van der Waals surface area contributed by atoms with Crippen LogP contribution in [0.25, 0.3) is 0 Å². The number of allylic oxidation sites excluding steroid dienone is 2. The predicted molar refractivity (Wildman–Crippen MR) is 38.8 cm³/mol. The van der Waals surface area contributed by atoms with Crippen LogP contribution in [0.15, 0.2) is 12.2 Å². The number of ether oxygens (including phenoxy) is 1. The Labute approximate surface area is 60.7 Å². The molecule has 2 heteroatoms. The maximum Gasteiger partial charge on any atom is 0.0527 e. The van der Waals surface area contributed by atoms with Crippen molar-refractivity contribution in [3.8, 4) is 0 Å². The summed E-state index contributed by atoms with van der Waals surface area (Å²) >= 11 is 5.42. The van der Waals surface area contributed by atoms with Gasteiger partial charge in [0.25, 0.3) is 0 Å². The number of rotatable bonds is 1. The van der Waals surface area contributed by atoms with Gasteiger partial charge in [-0.3, -0.25) is 0 Å². The van der Waals surface area contributed by atoms with Gasteiger partial charge in [-0.1, -0.05) is 12.2 Å². The average molecular weight is 147 g/mol. The van der Waals surface area contributed by atoms with Gasteiger partial charge in [0.15, 0.2) is 0 Å². The van der Waals surface area contributed by atoms with Crippen LogP contribution in [0.4, 0.5) is 0 Å². The van der Waals surface area contributed by atoms with E-state index >= 15 is 0 Å². The summed E-state index contributed by atoms with van der Waals surface area (Å²) < 4.78 is 4.84. The largest absolute Gasteiger partial charge is 0.381 e. The molecule has 0 spiro atoms. The van der Waals surface area contributed by atoms with Gasteiger partial charge in [0.05, 0.1) is 13.2 Å². The number of hydrogen-bond acceptors (Lipinski definition) is 1. The van der Waals surface area contributed by atoms with E-state index < -0.39 is 0 Å². The predicted octanol–water partition coefficient (Wildman–Crippen LogP) is 1.82. The number of hydrogen-bond donors (Lipinski definition) is 0. The molecular weight excluding hydrogens is 136 g/mol. The van der Waals surface area contributed by atoms with Gasteiger partial charge in [-0.2, -0.15) is 0 Å². The lowest BCUT2D eigenvalue weighted by Crippen LogP contribution is -2.28. The number of alkyl halides is 1. The summed E-state index contributed by atoms with van der Waals surface area (Å²) in [6, 6.07) is 0. The van der Waals surface area contributed by atoms with Crippen LogP contribution in [0, 0.1) is 5.92 Å². The SMILES string of the molecule is C1=CC1.ClCC1COC1. The average Bonchev–Trinajstić information content (AvgIpc) is 2.42. The lowest BCUT2D eigenvalue weighted by Gasteiger charge is -2.22. The Hall–Kier alpha value is -0.0100. The second-order valence-corrected chi connectivity index (χ2v) is 2.57. The zero-order chi connectivity index (χ0) is 6.53. The molecule has 0 radical (unpaired) electrons. The topological polar surface area (TPSA) is 9.23 Å². The first-order valence-electron chi connectivity index (χ1n) is 3.22. The highest BCUT2D eigenvalue weighted by atomic mass is 35.5. The first-order valence-corrected chi connectivity index (χ1v) is 3.75. The summed E-state index contributed by atoms with van der Waals surface area (Å²) in [4.78, 5) is 0. The number of halogens is 1. The van der Waals surface area contributed by atoms with Crippen LogP contribution in [0.5, 0.6) is 0 Å². The van der Waals surface area contributed by atoms with Gasteiger partial charge in [0.1, 0.15) is 0 Å². The fourth-order valence-electron chi connectivity index (χ4n) is 0.374. The van der Waals surface area contributed by atoms with Crippen molar-refractivity contribution in [2.45, 2.75) is 6.42 Å². The summed E-state index contributed by atoms with van der Waals surface area (Å²) in [5, 5.41) is 0. The molecule has 1 saturated heterocycles. The molecule has 0 N–H and O–H groups in total. The Morgan fingerprint density at radius 1 is 1.44 bits per heavy atom. The Morgan fingerprint density at radius 2 is 2.00 bits per heavy atom. The minimum absolute atomic E-state index is 0.659. The smallest absolute Gasteiger partial charge is 0.0527 e. The van der Waals surface area contributed by atoms with Gasteiger partial charge < -0.3 is 4.74 Å². The Bertz CT molecular complexity index is 90.3.